The second kappa shape index (κ2) is 6.89. The molecule has 6 nitrogen and oxygen atoms in total. The highest BCUT2D eigenvalue weighted by Gasteiger charge is 2.18. The van der Waals surface area contributed by atoms with Gasteiger partial charge in [-0.25, -0.2) is 9.00 Å². The summed E-state index contributed by atoms with van der Waals surface area (Å²) in [5, 5.41) is 17.6. The normalized spacial score (nSPS) is 12.1. The molecule has 1 heterocycles. The van der Waals surface area contributed by atoms with Crippen LogP contribution in [-0.4, -0.2) is 19.9 Å². The number of rotatable bonds is 3. The number of urea groups is 1. The Kier molecular flexibility index (Phi) is 4.86. The number of aromatic hydroxyl groups is 1. The molecule has 3 aromatic rings. The molecule has 0 fully saturated rings. The van der Waals surface area contributed by atoms with E-state index in [9.17, 15) is 18.7 Å². The summed E-state index contributed by atoms with van der Waals surface area (Å²) in [7, 11) is 0. The van der Waals surface area contributed by atoms with E-state index in [-0.39, 0.29) is 16.3 Å². The minimum atomic E-state index is -2.24. The van der Waals surface area contributed by atoms with Crippen LogP contribution in [0, 0.1) is 0 Å². The summed E-state index contributed by atoms with van der Waals surface area (Å²) >= 11 is 2.35. The number of benzene rings is 2. The van der Waals surface area contributed by atoms with Crippen LogP contribution in [-0.2, 0) is 11.1 Å². The maximum absolute atomic E-state index is 12.2. The van der Waals surface area contributed by atoms with Gasteiger partial charge in [0, 0.05) is 15.9 Å². The van der Waals surface area contributed by atoms with E-state index in [2.05, 4.69) is 26.6 Å². The van der Waals surface area contributed by atoms with Gasteiger partial charge in [0.05, 0.1) is 15.3 Å². The maximum Gasteiger partial charge on any atom is 0.323 e. The van der Waals surface area contributed by atoms with Gasteiger partial charge in [0.15, 0.2) is 11.1 Å². The minimum Gasteiger partial charge on any atom is -0.506 e. The molecule has 3 rings (SSSR count). The standard InChI is InChI=1S/C15H11BrN2O4S2/c16-9-3-1-2-4-10(9)17-15(20)18-13-11(19)7-12(24(21)22)8-5-6-23-14(8)13/h1-7,19H,(H,21,22)(H2,17,18,20). The first kappa shape index (κ1) is 16.9. The van der Waals surface area contributed by atoms with Gasteiger partial charge in [0.2, 0.25) is 0 Å². The van der Waals surface area contributed by atoms with Crippen molar-refractivity contribution in [2.75, 3.05) is 10.6 Å². The Bertz CT molecular complexity index is 958. The van der Waals surface area contributed by atoms with Crippen LogP contribution in [0.4, 0.5) is 16.2 Å². The van der Waals surface area contributed by atoms with Gasteiger partial charge in [-0.15, -0.1) is 11.3 Å². The molecule has 1 aromatic heterocycles. The molecule has 1 atom stereocenters. The monoisotopic (exact) mass is 426 g/mol. The van der Waals surface area contributed by atoms with Crippen LogP contribution < -0.4 is 10.6 Å². The Morgan fingerprint density at radius 1 is 1.21 bits per heavy atom. The number of carbonyl (C=O) groups is 1. The highest BCUT2D eigenvalue weighted by molar-refractivity contribution is 9.10. The Labute approximate surface area is 151 Å². The lowest BCUT2D eigenvalue weighted by atomic mass is 10.2. The molecular formula is C15H11BrN2O4S2. The Morgan fingerprint density at radius 2 is 1.96 bits per heavy atom. The summed E-state index contributed by atoms with van der Waals surface area (Å²) < 4.78 is 21.9. The predicted molar refractivity (Wildman–Crippen MR) is 99.3 cm³/mol. The molecule has 2 amide bonds. The third-order valence-electron chi connectivity index (χ3n) is 3.23. The SMILES string of the molecule is O=C(Nc1ccccc1Br)Nc1c(O)cc(S(=O)O)c2ccsc12. The molecule has 0 saturated carbocycles. The van der Waals surface area contributed by atoms with E-state index in [4.69, 9.17) is 0 Å². The molecule has 0 aliphatic carbocycles. The van der Waals surface area contributed by atoms with Gasteiger partial charge in [-0.05, 0) is 39.5 Å². The third kappa shape index (κ3) is 3.29. The first-order chi connectivity index (χ1) is 11.5. The van der Waals surface area contributed by atoms with Crippen LogP contribution in [0.2, 0.25) is 0 Å². The lowest BCUT2D eigenvalue weighted by Gasteiger charge is -2.12. The van der Waals surface area contributed by atoms with Crippen molar-refractivity contribution in [1.29, 1.82) is 0 Å². The Balaban J connectivity index is 1.93. The molecule has 0 aliphatic heterocycles. The number of phenolic OH excluding ortho intramolecular Hbond substituents is 1. The molecule has 0 radical (unpaired) electrons. The number of phenols is 1. The molecule has 0 aliphatic rings. The maximum atomic E-state index is 12.2. The Morgan fingerprint density at radius 3 is 2.67 bits per heavy atom. The van der Waals surface area contributed by atoms with Gasteiger partial charge in [0.1, 0.15) is 11.4 Å². The molecule has 0 saturated heterocycles. The number of hydrogen-bond donors (Lipinski definition) is 4. The van der Waals surface area contributed by atoms with E-state index < -0.39 is 17.1 Å². The van der Waals surface area contributed by atoms with Crippen molar-refractivity contribution in [2.24, 2.45) is 0 Å². The van der Waals surface area contributed by atoms with Crippen LogP contribution in [0.15, 0.2) is 51.1 Å². The molecule has 1 unspecified atom stereocenters. The van der Waals surface area contributed by atoms with Crippen LogP contribution >= 0.6 is 27.3 Å². The fourth-order valence-electron chi connectivity index (χ4n) is 2.18. The average molecular weight is 427 g/mol. The quantitative estimate of drug-likeness (QED) is 0.363. The van der Waals surface area contributed by atoms with E-state index in [0.29, 0.717) is 15.8 Å². The lowest BCUT2D eigenvalue weighted by molar-refractivity contribution is 0.262. The zero-order valence-corrected chi connectivity index (χ0v) is 15.2. The topological polar surface area (TPSA) is 98.7 Å². The van der Waals surface area contributed by atoms with Crippen molar-refractivity contribution in [3.63, 3.8) is 0 Å². The smallest absolute Gasteiger partial charge is 0.323 e. The van der Waals surface area contributed by atoms with Gasteiger partial charge >= 0.3 is 6.03 Å². The molecular weight excluding hydrogens is 416 g/mol. The van der Waals surface area contributed by atoms with Crippen LogP contribution in [0.1, 0.15) is 0 Å². The third-order valence-corrected chi connectivity index (χ3v) is 5.57. The summed E-state index contributed by atoms with van der Waals surface area (Å²) in [6, 6.07) is 9.42. The number of nitrogens with one attached hydrogen (secondary N) is 2. The van der Waals surface area contributed by atoms with Crippen LogP contribution in [0.3, 0.4) is 0 Å². The molecule has 4 N–H and O–H groups in total. The summed E-state index contributed by atoms with van der Waals surface area (Å²) in [6.07, 6.45) is 0. The van der Waals surface area contributed by atoms with E-state index in [1.54, 1.807) is 29.6 Å². The molecule has 0 spiro atoms. The number of thiophene rings is 1. The molecule has 0 bridgehead atoms. The highest BCUT2D eigenvalue weighted by atomic mass is 79.9. The lowest BCUT2D eigenvalue weighted by Crippen LogP contribution is -2.19. The second-order valence-electron chi connectivity index (χ2n) is 4.74. The molecule has 24 heavy (non-hydrogen) atoms. The van der Waals surface area contributed by atoms with E-state index in [0.717, 1.165) is 4.47 Å². The molecule has 2 aromatic carbocycles. The molecule has 124 valence electrons. The first-order valence-corrected chi connectivity index (χ1v) is 9.42. The number of hydrogen-bond acceptors (Lipinski definition) is 4. The van der Waals surface area contributed by atoms with Gasteiger partial charge in [-0.3, -0.25) is 0 Å². The van der Waals surface area contributed by atoms with Crippen molar-refractivity contribution in [1.82, 2.24) is 0 Å². The summed E-state index contributed by atoms with van der Waals surface area (Å²) in [5.41, 5.74) is 0.767. The van der Waals surface area contributed by atoms with Crippen molar-refractivity contribution >= 4 is 65.8 Å². The van der Waals surface area contributed by atoms with Crippen molar-refractivity contribution in [3.8, 4) is 5.75 Å². The number of para-hydroxylation sites is 1. The molecule has 9 heteroatoms. The summed E-state index contributed by atoms with van der Waals surface area (Å²) in [4.78, 5) is 12.3. The number of carbonyl (C=O) groups excluding carboxylic acids is 1. The fraction of sp³-hybridized carbons (Fsp3) is 0. The Hall–Kier alpha value is -1.94. The number of halogens is 1. The van der Waals surface area contributed by atoms with Crippen LogP contribution in [0.5, 0.6) is 5.75 Å². The fourth-order valence-corrected chi connectivity index (χ4v) is 4.12. The van der Waals surface area contributed by atoms with Gasteiger partial charge < -0.3 is 20.3 Å². The van der Waals surface area contributed by atoms with Crippen molar-refractivity contribution in [3.05, 3.63) is 46.3 Å². The zero-order chi connectivity index (χ0) is 17.3. The number of fused-ring (bicyclic) bond motifs is 1. The van der Waals surface area contributed by atoms with Gasteiger partial charge in [0.25, 0.3) is 0 Å². The highest BCUT2D eigenvalue weighted by Crippen LogP contribution is 2.39. The average Bonchev–Trinajstić information content (AvgIpc) is 3.01. The van der Waals surface area contributed by atoms with Crippen molar-refractivity contribution in [2.45, 2.75) is 4.90 Å². The van der Waals surface area contributed by atoms with Crippen LogP contribution in [0.25, 0.3) is 10.1 Å². The van der Waals surface area contributed by atoms with E-state index in [1.165, 1.54) is 17.4 Å². The van der Waals surface area contributed by atoms with E-state index in [1.807, 2.05) is 6.07 Å². The van der Waals surface area contributed by atoms with E-state index >= 15 is 0 Å². The second-order valence-corrected chi connectivity index (χ2v) is 7.45. The predicted octanol–water partition coefficient (Wildman–Crippen LogP) is 4.59. The number of amides is 2. The van der Waals surface area contributed by atoms with Gasteiger partial charge in [-0.1, -0.05) is 12.1 Å². The summed E-state index contributed by atoms with van der Waals surface area (Å²) in [6.45, 7) is 0. The largest absolute Gasteiger partial charge is 0.506 e. The zero-order valence-electron chi connectivity index (χ0n) is 11.9. The van der Waals surface area contributed by atoms with Gasteiger partial charge in [-0.2, -0.15) is 0 Å². The van der Waals surface area contributed by atoms with Crippen molar-refractivity contribution < 1.29 is 18.7 Å². The summed E-state index contributed by atoms with van der Waals surface area (Å²) in [5.74, 6) is -0.273. The minimum absolute atomic E-state index is 0.0977. The number of anilines is 2. The first-order valence-electron chi connectivity index (χ1n) is 6.64.